The molecule has 0 amide bonds. The van der Waals surface area contributed by atoms with Crippen LogP contribution in [0, 0.1) is 0 Å². The van der Waals surface area contributed by atoms with Gasteiger partial charge in [0, 0.05) is 12.2 Å². The molecule has 7 heteroatoms. The average Bonchev–Trinajstić information content (AvgIpc) is 3.07. The lowest BCUT2D eigenvalue weighted by atomic mass is 10.2. The summed E-state index contributed by atoms with van der Waals surface area (Å²) in [5.74, 6) is 1.09. The summed E-state index contributed by atoms with van der Waals surface area (Å²) in [6.07, 6.45) is 0. The fraction of sp³-hybridized carbons (Fsp3) is 0.176. The van der Waals surface area contributed by atoms with E-state index in [1.165, 1.54) is 7.11 Å². The van der Waals surface area contributed by atoms with Gasteiger partial charge in [0.1, 0.15) is 0 Å². The number of ether oxygens (including phenoxy) is 3. The largest absolute Gasteiger partial charge is 0.465 e. The normalized spacial score (nSPS) is 11.7. The predicted octanol–water partition coefficient (Wildman–Crippen LogP) is 2.69. The van der Waals surface area contributed by atoms with E-state index in [1.807, 2.05) is 24.3 Å². The van der Waals surface area contributed by atoms with E-state index in [2.05, 4.69) is 10.6 Å². The maximum Gasteiger partial charge on any atom is 0.337 e. The first kappa shape index (κ1) is 16.1. The molecule has 0 saturated carbocycles. The quantitative estimate of drug-likeness (QED) is 0.653. The Morgan fingerprint density at radius 1 is 1.21 bits per heavy atom. The number of carbonyl (C=O) groups is 1. The highest BCUT2D eigenvalue weighted by Gasteiger charge is 2.13. The lowest BCUT2D eigenvalue weighted by Gasteiger charge is -2.11. The van der Waals surface area contributed by atoms with E-state index in [4.69, 9.17) is 26.4 Å². The molecule has 3 rings (SSSR count). The van der Waals surface area contributed by atoms with Crippen LogP contribution >= 0.6 is 12.2 Å². The number of anilines is 1. The van der Waals surface area contributed by atoms with Crippen molar-refractivity contribution in [2.24, 2.45) is 0 Å². The predicted molar refractivity (Wildman–Crippen MR) is 93.4 cm³/mol. The van der Waals surface area contributed by atoms with Crippen molar-refractivity contribution in [2.75, 3.05) is 19.2 Å². The Labute approximate surface area is 144 Å². The molecule has 1 aliphatic rings. The topological polar surface area (TPSA) is 68.8 Å². The summed E-state index contributed by atoms with van der Waals surface area (Å²) in [7, 11) is 1.35. The van der Waals surface area contributed by atoms with Gasteiger partial charge in [-0.2, -0.15) is 0 Å². The summed E-state index contributed by atoms with van der Waals surface area (Å²) in [6.45, 7) is 0.794. The van der Waals surface area contributed by atoms with Crippen LogP contribution in [0.1, 0.15) is 15.9 Å². The maximum absolute atomic E-state index is 11.5. The van der Waals surface area contributed by atoms with Gasteiger partial charge in [0.25, 0.3) is 0 Å². The van der Waals surface area contributed by atoms with Crippen LogP contribution in [-0.2, 0) is 11.3 Å². The fourth-order valence-electron chi connectivity index (χ4n) is 2.25. The Morgan fingerprint density at radius 3 is 2.88 bits per heavy atom. The Hall–Kier alpha value is -2.80. The summed E-state index contributed by atoms with van der Waals surface area (Å²) in [6, 6.07) is 12.7. The van der Waals surface area contributed by atoms with Crippen LogP contribution in [0.2, 0.25) is 0 Å². The molecule has 2 aromatic rings. The molecule has 0 spiro atoms. The summed E-state index contributed by atoms with van der Waals surface area (Å²) in [5.41, 5.74) is 2.19. The van der Waals surface area contributed by atoms with Gasteiger partial charge >= 0.3 is 5.97 Å². The minimum absolute atomic E-state index is 0.253. The van der Waals surface area contributed by atoms with E-state index in [1.54, 1.807) is 18.2 Å². The van der Waals surface area contributed by atoms with Gasteiger partial charge in [0.05, 0.1) is 12.7 Å². The molecule has 0 bridgehead atoms. The van der Waals surface area contributed by atoms with Crippen molar-refractivity contribution in [1.82, 2.24) is 5.32 Å². The summed E-state index contributed by atoms with van der Waals surface area (Å²) in [5, 5.41) is 6.60. The molecule has 1 aliphatic heterocycles. The van der Waals surface area contributed by atoms with E-state index < -0.39 is 5.97 Å². The number of esters is 1. The number of fused-ring (bicyclic) bond motifs is 1. The second kappa shape index (κ2) is 7.18. The first-order chi connectivity index (χ1) is 11.7. The Balaban J connectivity index is 1.57. The zero-order valence-electron chi connectivity index (χ0n) is 13.0. The second-order valence-electron chi connectivity index (χ2n) is 5.07. The zero-order valence-corrected chi connectivity index (χ0v) is 13.8. The van der Waals surface area contributed by atoms with Crippen molar-refractivity contribution in [3.05, 3.63) is 53.6 Å². The van der Waals surface area contributed by atoms with Crippen molar-refractivity contribution in [3.8, 4) is 11.5 Å². The van der Waals surface area contributed by atoms with Crippen LogP contribution in [0.15, 0.2) is 42.5 Å². The minimum Gasteiger partial charge on any atom is -0.465 e. The van der Waals surface area contributed by atoms with Crippen molar-refractivity contribution in [2.45, 2.75) is 6.54 Å². The first-order valence-electron chi connectivity index (χ1n) is 7.27. The number of benzene rings is 2. The molecular formula is C17H16N2O4S. The summed E-state index contributed by atoms with van der Waals surface area (Å²) < 4.78 is 15.3. The van der Waals surface area contributed by atoms with E-state index in [0.29, 0.717) is 22.9 Å². The monoisotopic (exact) mass is 344 g/mol. The third-order valence-electron chi connectivity index (χ3n) is 3.43. The number of nitrogens with one attached hydrogen (secondary N) is 2. The molecular weight excluding hydrogens is 328 g/mol. The van der Waals surface area contributed by atoms with Gasteiger partial charge in [0.2, 0.25) is 6.79 Å². The standard InChI is InChI=1S/C17H16N2O4S/c1-21-16(20)12-3-2-4-13(8-12)19-17(24)18-9-11-5-6-14-15(7-11)23-10-22-14/h2-8H,9-10H2,1H3,(H2,18,19,24). The average molecular weight is 344 g/mol. The Bertz CT molecular complexity index is 779. The molecule has 2 N–H and O–H groups in total. The number of carbonyl (C=O) groups excluding carboxylic acids is 1. The number of methoxy groups -OCH3 is 1. The Kier molecular flexibility index (Phi) is 4.81. The summed E-state index contributed by atoms with van der Waals surface area (Å²) in [4.78, 5) is 11.5. The van der Waals surface area contributed by atoms with Gasteiger partial charge in [-0.1, -0.05) is 12.1 Å². The molecule has 2 aromatic carbocycles. The fourth-order valence-corrected chi connectivity index (χ4v) is 2.44. The molecule has 124 valence electrons. The van der Waals surface area contributed by atoms with Gasteiger partial charge < -0.3 is 24.8 Å². The van der Waals surface area contributed by atoms with E-state index >= 15 is 0 Å². The molecule has 0 unspecified atom stereocenters. The third kappa shape index (κ3) is 3.75. The van der Waals surface area contributed by atoms with Crippen molar-refractivity contribution >= 4 is 29.0 Å². The van der Waals surface area contributed by atoms with Crippen molar-refractivity contribution < 1.29 is 19.0 Å². The molecule has 6 nitrogen and oxygen atoms in total. The van der Waals surface area contributed by atoms with E-state index in [0.717, 1.165) is 17.1 Å². The highest BCUT2D eigenvalue weighted by atomic mass is 32.1. The molecule has 24 heavy (non-hydrogen) atoms. The number of rotatable bonds is 4. The highest BCUT2D eigenvalue weighted by Crippen LogP contribution is 2.32. The molecule has 0 radical (unpaired) electrons. The minimum atomic E-state index is -0.391. The van der Waals surface area contributed by atoms with E-state index in [-0.39, 0.29) is 6.79 Å². The van der Waals surface area contributed by atoms with Gasteiger partial charge in [-0.25, -0.2) is 4.79 Å². The molecule has 0 fully saturated rings. The van der Waals surface area contributed by atoms with E-state index in [9.17, 15) is 4.79 Å². The molecule has 0 atom stereocenters. The second-order valence-corrected chi connectivity index (χ2v) is 5.48. The van der Waals surface area contributed by atoms with Crippen LogP contribution in [0.5, 0.6) is 11.5 Å². The van der Waals surface area contributed by atoms with Crippen LogP contribution in [0.25, 0.3) is 0 Å². The smallest absolute Gasteiger partial charge is 0.337 e. The molecule has 1 heterocycles. The zero-order chi connectivity index (χ0) is 16.9. The van der Waals surface area contributed by atoms with Crippen LogP contribution in [-0.4, -0.2) is 25.0 Å². The van der Waals surface area contributed by atoms with Crippen LogP contribution in [0.3, 0.4) is 0 Å². The van der Waals surface area contributed by atoms with Gasteiger partial charge in [-0.15, -0.1) is 0 Å². The summed E-state index contributed by atoms with van der Waals surface area (Å²) >= 11 is 5.28. The lowest BCUT2D eigenvalue weighted by Crippen LogP contribution is -2.27. The van der Waals surface area contributed by atoms with Gasteiger partial charge in [-0.3, -0.25) is 0 Å². The van der Waals surface area contributed by atoms with Crippen molar-refractivity contribution in [3.63, 3.8) is 0 Å². The molecule has 0 aromatic heterocycles. The van der Waals surface area contributed by atoms with Crippen LogP contribution < -0.4 is 20.1 Å². The first-order valence-corrected chi connectivity index (χ1v) is 7.68. The SMILES string of the molecule is COC(=O)c1cccc(NC(=S)NCc2ccc3c(c2)OCO3)c1. The number of thiocarbonyl (C=S) groups is 1. The highest BCUT2D eigenvalue weighted by molar-refractivity contribution is 7.80. The Morgan fingerprint density at radius 2 is 2.04 bits per heavy atom. The van der Waals surface area contributed by atoms with Crippen LogP contribution in [0.4, 0.5) is 5.69 Å². The van der Waals surface area contributed by atoms with Gasteiger partial charge in [0.15, 0.2) is 16.6 Å². The van der Waals surface area contributed by atoms with Crippen molar-refractivity contribution in [1.29, 1.82) is 0 Å². The third-order valence-corrected chi connectivity index (χ3v) is 3.68. The molecule has 0 aliphatic carbocycles. The maximum atomic E-state index is 11.5. The lowest BCUT2D eigenvalue weighted by molar-refractivity contribution is 0.0601. The molecule has 0 saturated heterocycles. The number of hydrogen-bond acceptors (Lipinski definition) is 5. The van der Waals surface area contributed by atoms with Gasteiger partial charge in [-0.05, 0) is 48.1 Å². The number of hydrogen-bond donors (Lipinski definition) is 2.